The van der Waals surface area contributed by atoms with Crippen LogP contribution >= 0.6 is 0 Å². The lowest BCUT2D eigenvalue weighted by Crippen LogP contribution is -1.92. The van der Waals surface area contributed by atoms with Crippen molar-refractivity contribution < 1.29 is 9.85 Å². The van der Waals surface area contributed by atoms with Gasteiger partial charge in [-0.2, -0.15) is 0 Å². The number of hydrogen-bond donors (Lipinski definition) is 0. The summed E-state index contributed by atoms with van der Waals surface area (Å²) in [7, 11) is 0. The molecule has 0 heterocycles. The Balaban J connectivity index is 2.49. The van der Waals surface area contributed by atoms with Gasteiger partial charge in [0.05, 0.1) is 15.4 Å². The molecular weight excluding hydrogens is 236 g/mol. The maximum Gasteiger partial charge on any atom is 0.277 e. The SMILES string of the molecule is O=[N+]([O-])c1ccc(-c2[c]cccc2[N+](=O)[O-])cc1. The fraction of sp³-hybridized carbons (Fsp3) is 0. The van der Waals surface area contributed by atoms with Gasteiger partial charge < -0.3 is 0 Å². The molecule has 0 aliphatic rings. The summed E-state index contributed by atoms with van der Waals surface area (Å²) in [5.74, 6) is 0. The molecular formula is C12H7N2O4. The molecule has 0 atom stereocenters. The lowest BCUT2D eigenvalue weighted by molar-refractivity contribution is -0.385. The minimum Gasteiger partial charge on any atom is -0.258 e. The molecule has 6 nitrogen and oxygen atoms in total. The van der Waals surface area contributed by atoms with E-state index in [9.17, 15) is 20.2 Å². The molecule has 0 amide bonds. The first-order valence-corrected chi connectivity index (χ1v) is 4.99. The zero-order valence-corrected chi connectivity index (χ0v) is 9.07. The molecule has 0 saturated heterocycles. The van der Waals surface area contributed by atoms with Crippen LogP contribution in [0.25, 0.3) is 11.1 Å². The summed E-state index contributed by atoms with van der Waals surface area (Å²) in [6.07, 6.45) is 0. The molecule has 2 rings (SSSR count). The topological polar surface area (TPSA) is 86.3 Å². The van der Waals surface area contributed by atoms with E-state index >= 15 is 0 Å². The van der Waals surface area contributed by atoms with Crippen LogP contribution in [0.2, 0.25) is 0 Å². The molecule has 0 saturated carbocycles. The highest BCUT2D eigenvalue weighted by Gasteiger charge is 2.15. The minimum atomic E-state index is -0.521. The summed E-state index contributed by atoms with van der Waals surface area (Å²) in [6.45, 7) is 0. The first kappa shape index (κ1) is 11.7. The number of nitro benzene ring substituents is 2. The molecule has 0 unspecified atom stereocenters. The van der Waals surface area contributed by atoms with Gasteiger partial charge in [0.1, 0.15) is 0 Å². The van der Waals surface area contributed by atoms with Gasteiger partial charge in [0, 0.05) is 18.2 Å². The number of rotatable bonds is 3. The van der Waals surface area contributed by atoms with Gasteiger partial charge in [-0.1, -0.05) is 12.1 Å². The standard InChI is InChI=1S/C12H7N2O4/c15-13(16)10-7-5-9(6-8-10)11-3-1-2-4-12(11)14(17)18/h1-2,4-8H. The minimum absolute atomic E-state index is 0.0580. The van der Waals surface area contributed by atoms with E-state index in [1.807, 2.05) is 0 Å². The molecule has 0 aliphatic carbocycles. The second-order valence-corrected chi connectivity index (χ2v) is 3.49. The fourth-order valence-electron chi connectivity index (χ4n) is 1.56. The Morgan fingerprint density at radius 1 is 0.944 bits per heavy atom. The van der Waals surface area contributed by atoms with E-state index in [0.717, 1.165) is 0 Å². The van der Waals surface area contributed by atoms with E-state index < -0.39 is 9.85 Å². The summed E-state index contributed by atoms with van der Waals surface area (Å²) in [5.41, 5.74) is 0.703. The molecule has 89 valence electrons. The van der Waals surface area contributed by atoms with Crippen LogP contribution in [0.15, 0.2) is 42.5 Å². The zero-order chi connectivity index (χ0) is 13.1. The maximum atomic E-state index is 10.8. The van der Waals surface area contributed by atoms with E-state index in [1.165, 1.54) is 36.4 Å². The number of nitrogens with zero attached hydrogens (tertiary/aromatic N) is 2. The van der Waals surface area contributed by atoms with Crippen LogP contribution < -0.4 is 0 Å². The maximum absolute atomic E-state index is 10.8. The summed E-state index contributed by atoms with van der Waals surface area (Å²) in [6, 6.07) is 12.8. The Bertz CT molecular complexity index is 608. The van der Waals surface area contributed by atoms with Gasteiger partial charge in [0.15, 0.2) is 0 Å². The lowest BCUT2D eigenvalue weighted by atomic mass is 10.0. The third-order valence-electron chi connectivity index (χ3n) is 2.40. The van der Waals surface area contributed by atoms with E-state index in [1.54, 1.807) is 6.07 Å². The van der Waals surface area contributed by atoms with E-state index in [2.05, 4.69) is 6.07 Å². The summed E-state index contributed by atoms with van der Waals surface area (Å²) < 4.78 is 0. The van der Waals surface area contributed by atoms with Gasteiger partial charge in [-0.15, -0.1) is 0 Å². The van der Waals surface area contributed by atoms with Crippen molar-refractivity contribution in [1.82, 2.24) is 0 Å². The average molecular weight is 243 g/mol. The highest BCUT2D eigenvalue weighted by Crippen LogP contribution is 2.29. The molecule has 0 aromatic heterocycles. The average Bonchev–Trinajstić information content (AvgIpc) is 2.39. The first-order chi connectivity index (χ1) is 8.59. The van der Waals surface area contributed by atoms with Gasteiger partial charge in [0.2, 0.25) is 0 Å². The van der Waals surface area contributed by atoms with E-state index in [4.69, 9.17) is 0 Å². The molecule has 6 heteroatoms. The van der Waals surface area contributed by atoms with Crippen molar-refractivity contribution in [2.75, 3.05) is 0 Å². The van der Waals surface area contributed by atoms with Crippen molar-refractivity contribution in [2.24, 2.45) is 0 Å². The molecule has 1 radical (unpaired) electrons. The molecule has 0 bridgehead atoms. The van der Waals surface area contributed by atoms with Crippen LogP contribution in [0.1, 0.15) is 0 Å². The molecule has 0 aliphatic heterocycles. The van der Waals surface area contributed by atoms with Crippen molar-refractivity contribution in [3.8, 4) is 11.1 Å². The van der Waals surface area contributed by atoms with Gasteiger partial charge in [0.25, 0.3) is 11.4 Å². The van der Waals surface area contributed by atoms with Gasteiger partial charge >= 0.3 is 0 Å². The second kappa shape index (κ2) is 4.62. The van der Waals surface area contributed by atoms with Crippen molar-refractivity contribution in [2.45, 2.75) is 0 Å². The summed E-state index contributed by atoms with van der Waals surface area (Å²) in [4.78, 5) is 20.3. The third kappa shape index (κ3) is 2.17. The van der Waals surface area contributed by atoms with E-state index in [-0.39, 0.29) is 11.4 Å². The Morgan fingerprint density at radius 3 is 2.17 bits per heavy atom. The molecule has 0 N–H and O–H groups in total. The molecule has 0 spiro atoms. The van der Waals surface area contributed by atoms with Crippen LogP contribution in [0, 0.1) is 26.3 Å². The monoisotopic (exact) mass is 243 g/mol. The predicted octanol–water partition coefficient (Wildman–Crippen LogP) is 2.97. The van der Waals surface area contributed by atoms with Crippen LogP contribution in [0.5, 0.6) is 0 Å². The largest absolute Gasteiger partial charge is 0.277 e. The van der Waals surface area contributed by atoms with E-state index in [0.29, 0.717) is 11.1 Å². The quantitative estimate of drug-likeness (QED) is 0.612. The van der Waals surface area contributed by atoms with Crippen LogP contribution in [0.3, 0.4) is 0 Å². The highest BCUT2D eigenvalue weighted by atomic mass is 16.6. The fourth-order valence-corrected chi connectivity index (χ4v) is 1.56. The highest BCUT2D eigenvalue weighted by molar-refractivity contribution is 5.73. The molecule has 18 heavy (non-hydrogen) atoms. The third-order valence-corrected chi connectivity index (χ3v) is 2.40. The van der Waals surface area contributed by atoms with Crippen molar-refractivity contribution in [3.05, 3.63) is 68.8 Å². The number of hydrogen-bond acceptors (Lipinski definition) is 4. The Labute approximate surface area is 102 Å². The first-order valence-electron chi connectivity index (χ1n) is 4.99. The lowest BCUT2D eigenvalue weighted by Gasteiger charge is -2.01. The summed E-state index contributed by atoms with van der Waals surface area (Å²) >= 11 is 0. The zero-order valence-electron chi connectivity index (χ0n) is 9.07. The van der Waals surface area contributed by atoms with Crippen molar-refractivity contribution >= 4 is 11.4 Å². The Morgan fingerprint density at radius 2 is 1.61 bits per heavy atom. The summed E-state index contributed by atoms with van der Waals surface area (Å²) in [5, 5.41) is 21.4. The van der Waals surface area contributed by atoms with Crippen LogP contribution in [-0.2, 0) is 0 Å². The second-order valence-electron chi connectivity index (χ2n) is 3.49. The van der Waals surface area contributed by atoms with Crippen molar-refractivity contribution in [3.63, 3.8) is 0 Å². The van der Waals surface area contributed by atoms with Crippen molar-refractivity contribution in [1.29, 1.82) is 0 Å². The Hall–Kier alpha value is -2.76. The number of nitro groups is 2. The van der Waals surface area contributed by atoms with Gasteiger partial charge in [-0.25, -0.2) is 0 Å². The van der Waals surface area contributed by atoms with Crippen LogP contribution in [0.4, 0.5) is 11.4 Å². The van der Waals surface area contributed by atoms with Gasteiger partial charge in [-0.05, 0) is 23.8 Å². The van der Waals surface area contributed by atoms with Crippen LogP contribution in [-0.4, -0.2) is 9.85 Å². The van der Waals surface area contributed by atoms with Gasteiger partial charge in [-0.3, -0.25) is 20.2 Å². The molecule has 0 fully saturated rings. The normalized spacial score (nSPS) is 10.0. The molecule has 2 aromatic rings. The Kier molecular flexibility index (Phi) is 3.01. The molecule has 2 aromatic carbocycles. The number of non-ortho nitro benzene ring substituents is 1. The number of benzene rings is 2. The predicted molar refractivity (Wildman–Crippen MR) is 64.0 cm³/mol. The smallest absolute Gasteiger partial charge is 0.258 e.